The fourth-order valence-corrected chi connectivity index (χ4v) is 2.88. The van der Waals surface area contributed by atoms with Crippen LogP contribution in [0.25, 0.3) is 0 Å². The molecule has 0 aromatic heterocycles. The third kappa shape index (κ3) is 2.96. The van der Waals surface area contributed by atoms with Crippen molar-refractivity contribution in [3.63, 3.8) is 0 Å². The van der Waals surface area contributed by atoms with Crippen LogP contribution in [0, 0.1) is 0 Å². The summed E-state index contributed by atoms with van der Waals surface area (Å²) >= 11 is 0. The lowest BCUT2D eigenvalue weighted by Gasteiger charge is -2.45. The first-order valence-electron chi connectivity index (χ1n) is 2.90. The van der Waals surface area contributed by atoms with Crippen LogP contribution in [-0.4, -0.2) is 41.4 Å². The van der Waals surface area contributed by atoms with Crippen molar-refractivity contribution in [1.82, 2.24) is 0 Å². The molecule has 2 N–H and O–H groups in total. The molecule has 7 heteroatoms. The van der Waals surface area contributed by atoms with Crippen LogP contribution in [0.4, 0.5) is 0 Å². The Morgan fingerprint density at radius 1 is 1.45 bits per heavy atom. The smallest absolute Gasteiger partial charge is 0.264 e. The van der Waals surface area contributed by atoms with E-state index in [4.69, 9.17) is 9.11 Å². The largest absolute Gasteiger partial charge is 0.299 e. The SMILES string of the molecule is CS(=O)(=O)OC1CS(O)(O)C1. The summed E-state index contributed by atoms with van der Waals surface area (Å²) in [7, 11) is -5.94. The summed E-state index contributed by atoms with van der Waals surface area (Å²) in [5, 5.41) is 0. The summed E-state index contributed by atoms with van der Waals surface area (Å²) in [6.45, 7) is 0. The van der Waals surface area contributed by atoms with Crippen molar-refractivity contribution in [3.05, 3.63) is 0 Å². The van der Waals surface area contributed by atoms with Gasteiger partial charge in [0.05, 0.1) is 17.8 Å². The maximum Gasteiger partial charge on any atom is 0.264 e. The predicted octanol–water partition coefficient (Wildman–Crippen LogP) is 0.0954. The van der Waals surface area contributed by atoms with Gasteiger partial charge in [-0.2, -0.15) is 19.0 Å². The Morgan fingerprint density at radius 2 is 1.91 bits per heavy atom. The van der Waals surface area contributed by atoms with Crippen LogP contribution in [0.5, 0.6) is 0 Å². The van der Waals surface area contributed by atoms with Crippen molar-refractivity contribution >= 4 is 20.7 Å². The second-order valence-electron chi connectivity index (χ2n) is 2.56. The zero-order valence-corrected chi connectivity index (χ0v) is 7.56. The topological polar surface area (TPSA) is 83.8 Å². The van der Waals surface area contributed by atoms with E-state index in [9.17, 15) is 8.42 Å². The molecule has 1 aliphatic rings. The summed E-state index contributed by atoms with van der Waals surface area (Å²) in [6, 6.07) is 0. The van der Waals surface area contributed by atoms with E-state index in [2.05, 4.69) is 4.18 Å². The maximum absolute atomic E-state index is 10.5. The second-order valence-corrected chi connectivity index (χ2v) is 6.43. The summed E-state index contributed by atoms with van der Waals surface area (Å²) in [6.07, 6.45) is 0.409. The minimum atomic E-state index is -3.44. The van der Waals surface area contributed by atoms with Crippen molar-refractivity contribution < 1.29 is 21.7 Å². The van der Waals surface area contributed by atoms with Gasteiger partial charge in [0.25, 0.3) is 10.1 Å². The lowest BCUT2D eigenvalue weighted by atomic mass is 10.5. The van der Waals surface area contributed by atoms with Crippen LogP contribution in [0.2, 0.25) is 0 Å². The molecular formula is C4H10O5S2. The van der Waals surface area contributed by atoms with Crippen molar-refractivity contribution in [2.24, 2.45) is 0 Å². The first-order chi connectivity index (χ1) is 4.79. The molecule has 0 aromatic rings. The molecular weight excluding hydrogens is 192 g/mol. The van der Waals surface area contributed by atoms with E-state index in [1.165, 1.54) is 0 Å². The molecule has 0 atom stereocenters. The number of hydrogen-bond donors (Lipinski definition) is 2. The van der Waals surface area contributed by atoms with Crippen molar-refractivity contribution in [2.45, 2.75) is 6.10 Å². The highest BCUT2D eigenvalue weighted by molar-refractivity contribution is 8.25. The Labute approximate surface area is 66.8 Å². The molecule has 0 bridgehead atoms. The van der Waals surface area contributed by atoms with Crippen LogP contribution in [0.15, 0.2) is 0 Å². The van der Waals surface area contributed by atoms with E-state index in [1.807, 2.05) is 0 Å². The molecule has 0 radical (unpaired) electrons. The van der Waals surface area contributed by atoms with Gasteiger partial charge in [-0.05, 0) is 0 Å². The van der Waals surface area contributed by atoms with Crippen molar-refractivity contribution in [2.75, 3.05) is 17.8 Å². The van der Waals surface area contributed by atoms with E-state index in [-0.39, 0.29) is 11.5 Å². The summed E-state index contributed by atoms with van der Waals surface area (Å²) in [5.74, 6) is 0.0835. The molecule has 0 spiro atoms. The fourth-order valence-electron chi connectivity index (χ4n) is 0.849. The first-order valence-corrected chi connectivity index (χ1v) is 6.60. The van der Waals surface area contributed by atoms with Gasteiger partial charge in [0, 0.05) is 0 Å². The molecule has 1 heterocycles. The third-order valence-electron chi connectivity index (χ3n) is 1.22. The van der Waals surface area contributed by atoms with E-state index in [0.29, 0.717) is 0 Å². The highest BCUT2D eigenvalue weighted by Crippen LogP contribution is 2.49. The van der Waals surface area contributed by atoms with Gasteiger partial charge in [-0.3, -0.25) is 13.3 Å². The molecule has 68 valence electrons. The number of hydrogen-bond acceptors (Lipinski definition) is 5. The van der Waals surface area contributed by atoms with Crippen LogP contribution in [0.1, 0.15) is 0 Å². The van der Waals surface area contributed by atoms with E-state index >= 15 is 0 Å². The standard InChI is InChI=1S/C4H10O5S2/c1-10(5,6)9-4-2-11(7,8)3-4/h4,7-8H,2-3H2,1H3. The Hall–Kier alpha value is 0.180. The highest BCUT2D eigenvalue weighted by Gasteiger charge is 2.36. The normalized spacial score (nSPS) is 27.5. The molecule has 1 aliphatic heterocycles. The summed E-state index contributed by atoms with van der Waals surface area (Å²) in [5.41, 5.74) is 0. The molecule has 0 saturated carbocycles. The van der Waals surface area contributed by atoms with Crippen LogP contribution >= 0.6 is 10.6 Å². The van der Waals surface area contributed by atoms with Gasteiger partial charge < -0.3 is 0 Å². The molecule has 11 heavy (non-hydrogen) atoms. The zero-order chi connectivity index (χ0) is 8.70. The minimum absolute atomic E-state index is 0.0417. The molecule has 5 nitrogen and oxygen atoms in total. The Morgan fingerprint density at radius 3 is 2.18 bits per heavy atom. The third-order valence-corrected chi connectivity index (χ3v) is 3.65. The van der Waals surface area contributed by atoms with Gasteiger partial charge in [-0.15, -0.1) is 0 Å². The first kappa shape index (κ1) is 9.27. The molecule has 1 rings (SSSR count). The average Bonchev–Trinajstić information content (AvgIpc) is 1.53. The lowest BCUT2D eigenvalue weighted by molar-refractivity contribution is 0.227. The van der Waals surface area contributed by atoms with E-state index in [0.717, 1.165) is 6.26 Å². The maximum atomic E-state index is 10.5. The van der Waals surface area contributed by atoms with Gasteiger partial charge in [-0.1, -0.05) is 0 Å². The minimum Gasteiger partial charge on any atom is -0.299 e. The van der Waals surface area contributed by atoms with E-state index in [1.54, 1.807) is 0 Å². The van der Waals surface area contributed by atoms with Crippen LogP contribution < -0.4 is 0 Å². The van der Waals surface area contributed by atoms with Crippen LogP contribution in [-0.2, 0) is 14.3 Å². The van der Waals surface area contributed by atoms with Crippen LogP contribution in [0.3, 0.4) is 0 Å². The van der Waals surface area contributed by atoms with Gasteiger partial charge in [0.2, 0.25) is 0 Å². The molecule has 0 amide bonds. The predicted molar refractivity (Wildman–Crippen MR) is 42.3 cm³/mol. The summed E-state index contributed by atoms with van der Waals surface area (Å²) < 4.78 is 43.1. The second kappa shape index (κ2) is 2.60. The number of rotatable bonds is 2. The van der Waals surface area contributed by atoms with E-state index < -0.39 is 26.8 Å². The molecule has 0 unspecified atom stereocenters. The quantitative estimate of drug-likeness (QED) is 0.620. The molecule has 1 saturated heterocycles. The molecule has 0 aromatic carbocycles. The molecule has 1 fully saturated rings. The fraction of sp³-hybridized carbons (Fsp3) is 1.00. The van der Waals surface area contributed by atoms with Gasteiger partial charge in [0.15, 0.2) is 0 Å². The Balaban J connectivity index is 2.36. The highest BCUT2D eigenvalue weighted by atomic mass is 32.3. The Kier molecular flexibility index (Phi) is 2.19. The van der Waals surface area contributed by atoms with Crippen molar-refractivity contribution in [1.29, 1.82) is 0 Å². The lowest BCUT2D eigenvalue weighted by Crippen LogP contribution is -2.40. The van der Waals surface area contributed by atoms with Gasteiger partial charge in [0.1, 0.15) is 6.10 Å². The monoisotopic (exact) mass is 202 g/mol. The van der Waals surface area contributed by atoms with Crippen molar-refractivity contribution in [3.8, 4) is 0 Å². The molecule has 0 aliphatic carbocycles. The Bertz CT molecular complexity index is 235. The van der Waals surface area contributed by atoms with Gasteiger partial charge >= 0.3 is 0 Å². The zero-order valence-electron chi connectivity index (χ0n) is 5.93. The average molecular weight is 202 g/mol. The summed E-state index contributed by atoms with van der Waals surface area (Å²) in [4.78, 5) is 0. The van der Waals surface area contributed by atoms with Gasteiger partial charge in [-0.25, -0.2) is 0 Å².